The Bertz CT molecular complexity index is 439. The second-order valence-electron chi connectivity index (χ2n) is 2.97. The van der Waals surface area contributed by atoms with Gasteiger partial charge < -0.3 is 5.11 Å². The largest absolute Gasteiger partial charge is 0.390 e. The quantitative estimate of drug-likeness (QED) is 0.746. The van der Waals surface area contributed by atoms with Crippen LogP contribution in [0.3, 0.4) is 0 Å². The lowest BCUT2D eigenvalue weighted by molar-refractivity contribution is 0.277. The summed E-state index contributed by atoms with van der Waals surface area (Å²) in [5.74, 6) is 0.955. The fourth-order valence-electron chi connectivity index (χ4n) is 1.05. The Labute approximate surface area is 86.0 Å². The van der Waals surface area contributed by atoms with E-state index in [9.17, 15) is 0 Å². The Kier molecular flexibility index (Phi) is 2.59. The number of rotatable bonds is 2. The summed E-state index contributed by atoms with van der Waals surface area (Å²) in [6, 6.07) is 3.48. The average molecular weight is 203 g/mol. The molecule has 1 N–H and O–H groups in total. The van der Waals surface area contributed by atoms with E-state index in [0.29, 0.717) is 17.3 Å². The minimum Gasteiger partial charge on any atom is -0.390 e. The molecule has 2 aromatic heterocycles. The molecule has 0 aliphatic heterocycles. The van der Waals surface area contributed by atoms with Gasteiger partial charge in [-0.1, -0.05) is 0 Å². The van der Waals surface area contributed by atoms with E-state index in [2.05, 4.69) is 25.4 Å². The normalized spacial score (nSPS) is 10.3. The van der Waals surface area contributed by atoms with E-state index in [1.165, 1.54) is 0 Å². The molecule has 0 spiro atoms. The molecule has 0 radical (unpaired) electrons. The van der Waals surface area contributed by atoms with Crippen LogP contribution in [0.5, 0.6) is 0 Å². The summed E-state index contributed by atoms with van der Waals surface area (Å²) in [5, 5.41) is 24.2. The number of aryl methyl sites for hydroxylation is 1. The van der Waals surface area contributed by atoms with Crippen molar-refractivity contribution in [3.05, 3.63) is 29.8 Å². The van der Waals surface area contributed by atoms with Crippen molar-refractivity contribution < 1.29 is 5.11 Å². The van der Waals surface area contributed by atoms with Crippen molar-refractivity contribution in [2.45, 2.75) is 13.5 Å². The minimum absolute atomic E-state index is 0.0778. The first-order chi connectivity index (χ1) is 7.29. The van der Waals surface area contributed by atoms with Crippen molar-refractivity contribution in [1.29, 1.82) is 0 Å². The molecule has 0 bridgehead atoms. The van der Waals surface area contributed by atoms with Crippen molar-refractivity contribution in [3.63, 3.8) is 0 Å². The van der Waals surface area contributed by atoms with Crippen LogP contribution in [0, 0.1) is 6.92 Å². The van der Waals surface area contributed by atoms with Gasteiger partial charge in [-0.3, -0.25) is 4.98 Å². The molecular formula is C9H9N5O. The molecule has 0 aliphatic carbocycles. The fraction of sp³-hybridized carbons (Fsp3) is 0.222. The SMILES string of the molecule is Cc1nnc(-c2ccc(CO)nc2)nn1. The maximum absolute atomic E-state index is 8.82. The van der Waals surface area contributed by atoms with Crippen LogP contribution in [0.2, 0.25) is 0 Å². The third kappa shape index (κ3) is 2.10. The number of aliphatic hydroxyl groups excluding tert-OH is 1. The summed E-state index contributed by atoms with van der Waals surface area (Å²) in [5.41, 5.74) is 1.33. The highest BCUT2D eigenvalue weighted by atomic mass is 16.3. The maximum atomic E-state index is 8.82. The lowest BCUT2D eigenvalue weighted by Gasteiger charge is -1.98. The van der Waals surface area contributed by atoms with Crippen LogP contribution in [0.1, 0.15) is 11.5 Å². The van der Waals surface area contributed by atoms with Crippen molar-refractivity contribution in [1.82, 2.24) is 25.4 Å². The molecular weight excluding hydrogens is 194 g/mol. The molecule has 0 aromatic carbocycles. The first-order valence-electron chi connectivity index (χ1n) is 4.40. The zero-order valence-corrected chi connectivity index (χ0v) is 8.12. The number of aliphatic hydroxyl groups is 1. The lowest BCUT2D eigenvalue weighted by Crippen LogP contribution is -1.99. The topological polar surface area (TPSA) is 84.7 Å². The highest BCUT2D eigenvalue weighted by Gasteiger charge is 2.03. The number of nitrogens with zero attached hydrogens (tertiary/aromatic N) is 5. The Balaban J connectivity index is 2.33. The molecule has 0 atom stereocenters. The highest BCUT2D eigenvalue weighted by molar-refractivity contribution is 5.51. The Morgan fingerprint density at radius 2 is 1.87 bits per heavy atom. The summed E-state index contributed by atoms with van der Waals surface area (Å²) in [6.45, 7) is 1.64. The van der Waals surface area contributed by atoms with Gasteiger partial charge in [0.1, 0.15) is 0 Å². The third-order valence-electron chi connectivity index (χ3n) is 1.82. The Morgan fingerprint density at radius 1 is 1.13 bits per heavy atom. The van der Waals surface area contributed by atoms with Gasteiger partial charge >= 0.3 is 0 Å². The van der Waals surface area contributed by atoms with E-state index in [0.717, 1.165) is 5.56 Å². The number of hydrogen-bond acceptors (Lipinski definition) is 6. The minimum atomic E-state index is -0.0778. The lowest BCUT2D eigenvalue weighted by atomic mass is 10.2. The second-order valence-corrected chi connectivity index (χ2v) is 2.97. The van der Waals surface area contributed by atoms with Crippen molar-refractivity contribution in [2.24, 2.45) is 0 Å². The molecule has 76 valence electrons. The van der Waals surface area contributed by atoms with E-state index in [-0.39, 0.29) is 6.61 Å². The van der Waals surface area contributed by atoms with E-state index in [1.54, 1.807) is 25.3 Å². The number of hydrogen-bond donors (Lipinski definition) is 1. The van der Waals surface area contributed by atoms with Crippen LogP contribution in [0.4, 0.5) is 0 Å². The molecule has 0 saturated carbocycles. The average Bonchev–Trinajstić information content (AvgIpc) is 2.30. The predicted molar refractivity (Wildman–Crippen MR) is 51.5 cm³/mol. The molecule has 2 rings (SSSR count). The van der Waals surface area contributed by atoms with Gasteiger partial charge in [0.25, 0.3) is 0 Å². The van der Waals surface area contributed by atoms with E-state index in [1.807, 2.05) is 0 Å². The van der Waals surface area contributed by atoms with Gasteiger partial charge in [0.15, 0.2) is 5.82 Å². The molecule has 2 heterocycles. The molecule has 15 heavy (non-hydrogen) atoms. The van der Waals surface area contributed by atoms with Crippen LogP contribution >= 0.6 is 0 Å². The summed E-state index contributed by atoms with van der Waals surface area (Å²) in [6.07, 6.45) is 1.58. The summed E-state index contributed by atoms with van der Waals surface area (Å²) < 4.78 is 0. The monoisotopic (exact) mass is 203 g/mol. The van der Waals surface area contributed by atoms with Crippen molar-refractivity contribution in [3.8, 4) is 11.4 Å². The molecule has 0 unspecified atom stereocenters. The van der Waals surface area contributed by atoms with E-state index >= 15 is 0 Å². The zero-order chi connectivity index (χ0) is 10.7. The van der Waals surface area contributed by atoms with Crippen LogP contribution in [0.15, 0.2) is 18.3 Å². The van der Waals surface area contributed by atoms with Crippen LogP contribution in [-0.2, 0) is 6.61 Å². The predicted octanol–water partition coefficient (Wildman–Crippen LogP) is 0.129. The number of pyridine rings is 1. The van der Waals surface area contributed by atoms with Gasteiger partial charge in [-0.25, -0.2) is 0 Å². The van der Waals surface area contributed by atoms with Crippen LogP contribution in [-0.4, -0.2) is 30.5 Å². The van der Waals surface area contributed by atoms with Gasteiger partial charge in [0.2, 0.25) is 5.82 Å². The summed E-state index contributed by atoms with van der Waals surface area (Å²) >= 11 is 0. The van der Waals surface area contributed by atoms with Crippen LogP contribution in [0.25, 0.3) is 11.4 Å². The van der Waals surface area contributed by atoms with Gasteiger partial charge in [-0.05, 0) is 19.1 Å². The molecule has 0 fully saturated rings. The van der Waals surface area contributed by atoms with Gasteiger partial charge in [0.05, 0.1) is 12.3 Å². The van der Waals surface area contributed by atoms with Gasteiger partial charge in [-0.15, -0.1) is 20.4 Å². The van der Waals surface area contributed by atoms with E-state index in [4.69, 9.17) is 5.11 Å². The first kappa shape index (κ1) is 9.60. The smallest absolute Gasteiger partial charge is 0.205 e. The van der Waals surface area contributed by atoms with Gasteiger partial charge in [-0.2, -0.15) is 0 Å². The van der Waals surface area contributed by atoms with Crippen LogP contribution < -0.4 is 0 Å². The Morgan fingerprint density at radius 3 is 2.40 bits per heavy atom. The third-order valence-corrected chi connectivity index (χ3v) is 1.82. The van der Waals surface area contributed by atoms with Crippen molar-refractivity contribution >= 4 is 0 Å². The standard InChI is InChI=1S/C9H9N5O/c1-6-11-13-9(14-12-6)7-2-3-8(5-15)10-4-7/h2-4,15H,5H2,1H3. The summed E-state index contributed by atoms with van der Waals surface area (Å²) in [7, 11) is 0. The second kappa shape index (κ2) is 4.05. The molecule has 0 aliphatic rings. The molecule has 0 amide bonds. The van der Waals surface area contributed by atoms with E-state index < -0.39 is 0 Å². The fourth-order valence-corrected chi connectivity index (χ4v) is 1.05. The molecule has 0 saturated heterocycles. The number of aromatic nitrogens is 5. The molecule has 6 nitrogen and oxygen atoms in total. The molecule has 6 heteroatoms. The summed E-state index contributed by atoms with van der Waals surface area (Å²) in [4.78, 5) is 4.01. The highest BCUT2D eigenvalue weighted by Crippen LogP contribution is 2.11. The zero-order valence-electron chi connectivity index (χ0n) is 8.12. The first-order valence-corrected chi connectivity index (χ1v) is 4.40. The van der Waals surface area contributed by atoms with Crippen molar-refractivity contribution in [2.75, 3.05) is 0 Å². The Hall–Kier alpha value is -1.95. The maximum Gasteiger partial charge on any atom is 0.205 e. The van der Waals surface area contributed by atoms with Gasteiger partial charge in [0, 0.05) is 11.8 Å². The molecule has 2 aromatic rings.